The van der Waals surface area contributed by atoms with Crippen LogP contribution in [0.25, 0.3) is 0 Å². The lowest BCUT2D eigenvalue weighted by Crippen LogP contribution is -2.38. The average Bonchev–Trinajstić information content (AvgIpc) is 2.89. The Kier molecular flexibility index (Phi) is 7.84. The molecule has 0 spiro atoms. The van der Waals surface area contributed by atoms with Gasteiger partial charge in [0.05, 0.1) is 5.69 Å². The fraction of sp³-hybridized carbons (Fsp3) is 0.421. The van der Waals surface area contributed by atoms with Crippen molar-refractivity contribution in [1.82, 2.24) is 25.7 Å². The zero-order chi connectivity index (χ0) is 19.8. The van der Waals surface area contributed by atoms with E-state index < -0.39 is 0 Å². The minimum Gasteiger partial charge on any atom is -0.356 e. The highest BCUT2D eigenvalue weighted by Gasteiger charge is 2.09. The molecule has 2 aromatic rings. The molecule has 0 aliphatic carbocycles. The van der Waals surface area contributed by atoms with Crippen molar-refractivity contribution in [3.8, 4) is 0 Å². The Morgan fingerprint density at radius 3 is 2.59 bits per heavy atom. The monoisotopic (exact) mass is 434 g/mol. The topological polar surface area (TPSA) is 83.3 Å². The molecule has 0 aliphatic rings. The van der Waals surface area contributed by atoms with E-state index in [4.69, 9.17) is 0 Å². The van der Waals surface area contributed by atoms with Crippen LogP contribution in [0.3, 0.4) is 0 Å². The molecule has 146 valence electrons. The normalized spacial score (nSPS) is 11.4. The predicted octanol–water partition coefficient (Wildman–Crippen LogP) is 2.28. The number of hydrogen-bond donors (Lipinski definition) is 3. The third-order valence-corrected chi connectivity index (χ3v) is 4.83. The van der Waals surface area contributed by atoms with Crippen molar-refractivity contribution in [3.05, 3.63) is 51.3 Å². The second-order valence-electron chi connectivity index (χ2n) is 6.25. The Labute approximate surface area is 168 Å². The molecule has 0 unspecified atom stereocenters. The van der Waals surface area contributed by atoms with Crippen LogP contribution in [-0.2, 0) is 13.6 Å². The van der Waals surface area contributed by atoms with Crippen LogP contribution in [0.2, 0.25) is 0 Å². The van der Waals surface area contributed by atoms with Crippen LogP contribution in [0.4, 0.5) is 0 Å². The Morgan fingerprint density at radius 2 is 1.96 bits per heavy atom. The van der Waals surface area contributed by atoms with E-state index in [1.54, 1.807) is 13.1 Å². The molecule has 0 atom stereocenters. The van der Waals surface area contributed by atoms with E-state index in [9.17, 15) is 4.79 Å². The number of aryl methyl sites for hydroxylation is 2. The number of amides is 1. The van der Waals surface area contributed by atoms with E-state index in [1.807, 2.05) is 36.9 Å². The second kappa shape index (κ2) is 10.1. The molecule has 1 aromatic carbocycles. The molecule has 27 heavy (non-hydrogen) atoms. The van der Waals surface area contributed by atoms with Crippen LogP contribution >= 0.6 is 15.9 Å². The summed E-state index contributed by atoms with van der Waals surface area (Å²) in [6.45, 7) is 6.04. The van der Waals surface area contributed by atoms with Crippen LogP contribution in [-0.4, -0.2) is 41.8 Å². The third-order valence-electron chi connectivity index (χ3n) is 4.33. The number of benzene rings is 1. The van der Waals surface area contributed by atoms with Gasteiger partial charge in [-0.3, -0.25) is 14.5 Å². The smallest absolute Gasteiger partial charge is 0.251 e. The molecule has 0 aliphatic heterocycles. The van der Waals surface area contributed by atoms with Gasteiger partial charge in [0, 0.05) is 55.0 Å². The van der Waals surface area contributed by atoms with Gasteiger partial charge in [-0.15, -0.1) is 0 Å². The molecule has 8 heteroatoms. The Balaban J connectivity index is 1.70. The fourth-order valence-corrected chi connectivity index (χ4v) is 3.09. The van der Waals surface area contributed by atoms with Crippen LogP contribution in [0.15, 0.2) is 33.7 Å². The molecular weight excluding hydrogens is 408 g/mol. The maximum atomic E-state index is 12.1. The molecule has 0 saturated heterocycles. The molecule has 1 aromatic heterocycles. The summed E-state index contributed by atoms with van der Waals surface area (Å²) in [6.07, 6.45) is 0.797. The van der Waals surface area contributed by atoms with Crippen molar-refractivity contribution >= 4 is 27.8 Å². The highest BCUT2D eigenvalue weighted by Crippen LogP contribution is 2.12. The summed E-state index contributed by atoms with van der Waals surface area (Å²) in [7, 11) is 3.69. The lowest BCUT2D eigenvalue weighted by molar-refractivity contribution is 0.0953. The van der Waals surface area contributed by atoms with Crippen LogP contribution < -0.4 is 16.0 Å². The van der Waals surface area contributed by atoms with Gasteiger partial charge < -0.3 is 16.0 Å². The summed E-state index contributed by atoms with van der Waals surface area (Å²) in [4.78, 5) is 16.3. The average molecular weight is 435 g/mol. The number of carbonyl (C=O) groups excluding carboxylic acids is 1. The lowest BCUT2D eigenvalue weighted by atomic mass is 10.2. The molecule has 3 N–H and O–H groups in total. The molecule has 0 saturated carbocycles. The first-order chi connectivity index (χ1) is 12.9. The minimum absolute atomic E-state index is 0.0682. The van der Waals surface area contributed by atoms with Crippen molar-refractivity contribution in [2.75, 3.05) is 20.1 Å². The molecule has 1 heterocycles. The van der Waals surface area contributed by atoms with E-state index >= 15 is 0 Å². The Morgan fingerprint density at radius 1 is 1.22 bits per heavy atom. The minimum atomic E-state index is -0.0682. The van der Waals surface area contributed by atoms with Gasteiger partial charge in [-0.25, -0.2) is 0 Å². The number of hydrogen-bond acceptors (Lipinski definition) is 3. The Bertz CT molecular complexity index is 815. The molecule has 0 bridgehead atoms. The van der Waals surface area contributed by atoms with Crippen LogP contribution in [0.1, 0.15) is 33.7 Å². The van der Waals surface area contributed by atoms with Crippen molar-refractivity contribution in [1.29, 1.82) is 0 Å². The number of aromatic nitrogens is 2. The second-order valence-corrected chi connectivity index (χ2v) is 7.16. The number of carbonyl (C=O) groups is 1. The first-order valence-corrected chi connectivity index (χ1v) is 9.69. The number of aliphatic imine (C=N–C) groups is 1. The van der Waals surface area contributed by atoms with E-state index in [1.165, 1.54) is 5.56 Å². The highest BCUT2D eigenvalue weighted by molar-refractivity contribution is 9.10. The van der Waals surface area contributed by atoms with E-state index in [2.05, 4.69) is 48.9 Å². The van der Waals surface area contributed by atoms with Gasteiger partial charge >= 0.3 is 0 Å². The standard InChI is InChI=1S/C19H27BrN6O/c1-13-17(14(2)26(4)25-13)12-24-19(21-3)23-10-6-9-22-18(27)15-7-5-8-16(20)11-15/h5,7-8,11H,6,9-10,12H2,1-4H3,(H,22,27)(H2,21,23,24). The van der Waals surface area contributed by atoms with E-state index in [0.29, 0.717) is 25.2 Å². The zero-order valence-corrected chi connectivity index (χ0v) is 17.9. The molecule has 0 fully saturated rings. The molecule has 1 amide bonds. The van der Waals surface area contributed by atoms with Gasteiger partial charge in [0.25, 0.3) is 5.91 Å². The maximum Gasteiger partial charge on any atom is 0.251 e. The van der Waals surface area contributed by atoms with Crippen molar-refractivity contribution in [3.63, 3.8) is 0 Å². The number of rotatable bonds is 7. The number of guanidine groups is 1. The zero-order valence-electron chi connectivity index (χ0n) is 16.3. The molecular formula is C19H27BrN6O. The van der Waals surface area contributed by atoms with Gasteiger partial charge in [0.15, 0.2) is 5.96 Å². The number of nitrogens with one attached hydrogen (secondary N) is 3. The molecule has 2 rings (SSSR count). The van der Waals surface area contributed by atoms with Crippen molar-refractivity contribution in [2.45, 2.75) is 26.8 Å². The van der Waals surface area contributed by atoms with Crippen molar-refractivity contribution in [2.24, 2.45) is 12.0 Å². The summed E-state index contributed by atoms with van der Waals surface area (Å²) in [5, 5.41) is 13.9. The van der Waals surface area contributed by atoms with Crippen LogP contribution in [0.5, 0.6) is 0 Å². The lowest BCUT2D eigenvalue weighted by Gasteiger charge is -2.12. The quantitative estimate of drug-likeness (QED) is 0.354. The van der Waals surface area contributed by atoms with Crippen LogP contribution in [0, 0.1) is 13.8 Å². The third kappa shape index (κ3) is 6.09. The summed E-state index contributed by atoms with van der Waals surface area (Å²) in [6, 6.07) is 7.35. The largest absolute Gasteiger partial charge is 0.356 e. The van der Waals surface area contributed by atoms with Gasteiger partial charge in [-0.05, 0) is 38.5 Å². The molecule has 7 nitrogen and oxygen atoms in total. The first-order valence-electron chi connectivity index (χ1n) is 8.89. The van der Waals surface area contributed by atoms with Gasteiger partial charge in [0.1, 0.15) is 0 Å². The summed E-state index contributed by atoms with van der Waals surface area (Å²) >= 11 is 3.37. The van der Waals surface area contributed by atoms with Gasteiger partial charge in [0.2, 0.25) is 0 Å². The Hall–Kier alpha value is -2.35. The van der Waals surface area contributed by atoms with Gasteiger partial charge in [-0.1, -0.05) is 22.0 Å². The predicted molar refractivity (Wildman–Crippen MR) is 112 cm³/mol. The highest BCUT2D eigenvalue weighted by atomic mass is 79.9. The SMILES string of the molecule is CN=C(NCCCNC(=O)c1cccc(Br)c1)NCc1c(C)nn(C)c1C. The summed E-state index contributed by atoms with van der Waals surface area (Å²) in [5.74, 6) is 0.664. The van der Waals surface area contributed by atoms with Crippen molar-refractivity contribution < 1.29 is 4.79 Å². The van der Waals surface area contributed by atoms with E-state index in [0.717, 1.165) is 28.2 Å². The van der Waals surface area contributed by atoms with E-state index in [-0.39, 0.29) is 5.91 Å². The first kappa shape index (κ1) is 21.0. The summed E-state index contributed by atoms with van der Waals surface area (Å²) < 4.78 is 2.78. The summed E-state index contributed by atoms with van der Waals surface area (Å²) in [5.41, 5.74) is 4.00. The molecule has 0 radical (unpaired) electrons. The fourth-order valence-electron chi connectivity index (χ4n) is 2.69. The van der Waals surface area contributed by atoms with Gasteiger partial charge in [-0.2, -0.15) is 5.10 Å². The number of nitrogens with zero attached hydrogens (tertiary/aromatic N) is 3. The number of halogens is 1. The maximum absolute atomic E-state index is 12.1.